The van der Waals surface area contributed by atoms with Gasteiger partial charge >= 0.3 is 0 Å². The molecule has 0 spiro atoms. The molecule has 1 aliphatic heterocycles. The molecule has 31 heavy (non-hydrogen) atoms. The molecule has 1 amide bonds. The number of carbonyl (C=O) groups excluding carboxylic acids is 1. The smallest absolute Gasteiger partial charge is 0.223 e. The first-order chi connectivity index (χ1) is 15.2. The molecule has 160 valence electrons. The third kappa shape index (κ3) is 4.90. The summed E-state index contributed by atoms with van der Waals surface area (Å²) in [4.78, 5) is 28.4. The van der Waals surface area contributed by atoms with Crippen molar-refractivity contribution in [3.63, 3.8) is 0 Å². The Morgan fingerprint density at radius 2 is 1.94 bits per heavy atom. The number of hydrogen-bond donors (Lipinski definition) is 0. The van der Waals surface area contributed by atoms with Crippen LogP contribution in [0.25, 0.3) is 11.1 Å². The van der Waals surface area contributed by atoms with Gasteiger partial charge in [-0.2, -0.15) is 0 Å². The molecule has 1 aromatic carbocycles. The van der Waals surface area contributed by atoms with Crippen LogP contribution in [0.5, 0.6) is 5.75 Å². The zero-order valence-electron chi connectivity index (χ0n) is 18.1. The summed E-state index contributed by atoms with van der Waals surface area (Å²) in [5, 5.41) is 0. The van der Waals surface area contributed by atoms with Crippen molar-refractivity contribution in [1.82, 2.24) is 19.9 Å². The van der Waals surface area contributed by atoms with E-state index < -0.39 is 0 Å². The molecule has 1 aliphatic rings. The van der Waals surface area contributed by atoms with Gasteiger partial charge in [0.25, 0.3) is 0 Å². The van der Waals surface area contributed by atoms with Crippen molar-refractivity contribution in [3.8, 4) is 16.9 Å². The zero-order chi connectivity index (χ0) is 21.6. The van der Waals surface area contributed by atoms with Crippen LogP contribution in [0.4, 0.5) is 0 Å². The first kappa shape index (κ1) is 21.0. The maximum Gasteiger partial charge on any atom is 0.223 e. The minimum Gasteiger partial charge on any atom is -0.494 e. The minimum atomic E-state index is -0.0160. The van der Waals surface area contributed by atoms with Crippen LogP contribution in [0.15, 0.2) is 55.0 Å². The summed E-state index contributed by atoms with van der Waals surface area (Å²) in [6, 6.07) is 11.9. The second kappa shape index (κ2) is 9.69. The van der Waals surface area contributed by atoms with Gasteiger partial charge in [-0.25, -0.2) is 9.97 Å². The first-order valence-corrected chi connectivity index (χ1v) is 10.9. The van der Waals surface area contributed by atoms with Crippen LogP contribution < -0.4 is 4.74 Å². The number of benzene rings is 1. The molecule has 4 rings (SSSR count). The van der Waals surface area contributed by atoms with Crippen LogP contribution >= 0.6 is 0 Å². The number of likely N-dealkylation sites (tertiary alicyclic amines) is 1. The van der Waals surface area contributed by atoms with E-state index in [1.807, 2.05) is 61.3 Å². The van der Waals surface area contributed by atoms with E-state index >= 15 is 0 Å². The molecule has 3 aromatic rings. The lowest BCUT2D eigenvalue weighted by Gasteiger charge is -2.26. The van der Waals surface area contributed by atoms with Gasteiger partial charge in [0, 0.05) is 37.1 Å². The van der Waals surface area contributed by atoms with Gasteiger partial charge in [-0.1, -0.05) is 12.1 Å². The van der Waals surface area contributed by atoms with E-state index in [9.17, 15) is 4.79 Å². The van der Waals surface area contributed by atoms with Gasteiger partial charge in [0.2, 0.25) is 5.91 Å². The van der Waals surface area contributed by atoms with Gasteiger partial charge in [-0.15, -0.1) is 0 Å². The summed E-state index contributed by atoms with van der Waals surface area (Å²) in [5.74, 6) is 1.76. The van der Waals surface area contributed by atoms with Gasteiger partial charge < -0.3 is 9.64 Å². The molecule has 0 saturated carbocycles. The number of amides is 1. The highest BCUT2D eigenvalue weighted by Crippen LogP contribution is 2.36. The summed E-state index contributed by atoms with van der Waals surface area (Å²) >= 11 is 0. The molecule has 0 aliphatic carbocycles. The minimum absolute atomic E-state index is 0.0160. The lowest BCUT2D eigenvalue weighted by molar-refractivity contribution is -0.132. The summed E-state index contributed by atoms with van der Waals surface area (Å²) in [7, 11) is 0. The van der Waals surface area contributed by atoms with Gasteiger partial charge in [0.1, 0.15) is 11.6 Å². The number of ether oxygens (including phenoxy) is 1. The molecular weight excluding hydrogens is 388 g/mol. The van der Waals surface area contributed by atoms with Crippen LogP contribution in [0.3, 0.4) is 0 Å². The van der Waals surface area contributed by atoms with E-state index in [4.69, 9.17) is 9.72 Å². The zero-order valence-corrected chi connectivity index (χ0v) is 18.1. The Bertz CT molecular complexity index is 1020. The average Bonchev–Trinajstić information content (AvgIpc) is 3.29. The standard InChI is InChI=1S/C25H28N4O2/c1-3-31-21-9-6-19(7-10-21)8-11-24(30)29-16-4-5-23(29)25-22(17-27-18(2)28-25)20-12-14-26-15-13-20/h6-7,9-10,12-15,17,23H,3-5,8,11,16H2,1-2H3/t23-/m1/s1. The number of carbonyl (C=O) groups is 1. The normalized spacial score (nSPS) is 15.8. The maximum absolute atomic E-state index is 13.2. The highest BCUT2D eigenvalue weighted by atomic mass is 16.5. The molecule has 0 radical (unpaired) electrons. The number of aryl methyl sites for hydroxylation is 2. The Hall–Kier alpha value is -3.28. The molecule has 6 heteroatoms. The molecule has 3 heterocycles. The number of rotatable bonds is 7. The predicted molar refractivity (Wildman–Crippen MR) is 120 cm³/mol. The quantitative estimate of drug-likeness (QED) is 0.566. The van der Waals surface area contributed by atoms with Crippen molar-refractivity contribution in [1.29, 1.82) is 0 Å². The first-order valence-electron chi connectivity index (χ1n) is 10.9. The number of aromatic nitrogens is 3. The molecule has 0 unspecified atom stereocenters. The van der Waals surface area contributed by atoms with Crippen LogP contribution in [-0.4, -0.2) is 38.9 Å². The van der Waals surface area contributed by atoms with E-state index in [0.717, 1.165) is 53.3 Å². The fraction of sp³-hybridized carbons (Fsp3) is 0.360. The van der Waals surface area contributed by atoms with Crippen molar-refractivity contribution >= 4 is 5.91 Å². The summed E-state index contributed by atoms with van der Waals surface area (Å²) < 4.78 is 5.50. The Kier molecular flexibility index (Phi) is 6.55. The Labute approximate surface area is 183 Å². The van der Waals surface area contributed by atoms with Crippen molar-refractivity contribution in [2.75, 3.05) is 13.2 Å². The lowest BCUT2D eigenvalue weighted by Crippen LogP contribution is -2.31. The molecule has 6 nitrogen and oxygen atoms in total. The van der Waals surface area contributed by atoms with E-state index in [1.165, 1.54) is 0 Å². The summed E-state index contributed by atoms with van der Waals surface area (Å²) in [6.45, 7) is 5.29. The third-order valence-electron chi connectivity index (χ3n) is 5.68. The van der Waals surface area contributed by atoms with Crippen molar-refractivity contribution in [2.24, 2.45) is 0 Å². The van der Waals surface area contributed by atoms with E-state index in [-0.39, 0.29) is 11.9 Å². The molecule has 2 aromatic heterocycles. The van der Waals surface area contributed by atoms with E-state index in [0.29, 0.717) is 19.4 Å². The highest BCUT2D eigenvalue weighted by molar-refractivity contribution is 5.78. The van der Waals surface area contributed by atoms with Crippen LogP contribution in [0, 0.1) is 6.92 Å². The summed E-state index contributed by atoms with van der Waals surface area (Å²) in [6.07, 6.45) is 8.52. The lowest BCUT2D eigenvalue weighted by atomic mass is 10.00. The van der Waals surface area contributed by atoms with Gasteiger partial charge in [0.15, 0.2) is 0 Å². The Morgan fingerprint density at radius 1 is 1.16 bits per heavy atom. The summed E-state index contributed by atoms with van der Waals surface area (Å²) in [5.41, 5.74) is 4.08. The van der Waals surface area contributed by atoms with Crippen LogP contribution in [0.1, 0.15) is 49.3 Å². The van der Waals surface area contributed by atoms with Gasteiger partial charge in [0.05, 0.1) is 18.3 Å². The molecule has 0 N–H and O–H groups in total. The molecular formula is C25H28N4O2. The second-order valence-electron chi connectivity index (χ2n) is 7.77. The number of nitrogens with zero attached hydrogens (tertiary/aromatic N) is 4. The number of pyridine rings is 1. The largest absolute Gasteiger partial charge is 0.494 e. The second-order valence-corrected chi connectivity index (χ2v) is 7.77. The Morgan fingerprint density at radius 3 is 2.68 bits per heavy atom. The van der Waals surface area contributed by atoms with Gasteiger partial charge in [-0.3, -0.25) is 9.78 Å². The highest BCUT2D eigenvalue weighted by Gasteiger charge is 2.32. The van der Waals surface area contributed by atoms with Crippen molar-refractivity contribution in [3.05, 3.63) is 72.1 Å². The fourth-order valence-corrected chi connectivity index (χ4v) is 4.16. The Balaban J connectivity index is 1.50. The van der Waals surface area contributed by atoms with E-state index in [1.54, 1.807) is 12.4 Å². The van der Waals surface area contributed by atoms with Gasteiger partial charge in [-0.05, 0) is 68.5 Å². The van der Waals surface area contributed by atoms with Crippen molar-refractivity contribution in [2.45, 2.75) is 45.6 Å². The van der Waals surface area contributed by atoms with Crippen LogP contribution in [-0.2, 0) is 11.2 Å². The van der Waals surface area contributed by atoms with Crippen molar-refractivity contribution < 1.29 is 9.53 Å². The molecule has 1 atom stereocenters. The fourth-order valence-electron chi connectivity index (χ4n) is 4.16. The molecule has 1 fully saturated rings. The van der Waals surface area contributed by atoms with Crippen LogP contribution in [0.2, 0.25) is 0 Å². The third-order valence-corrected chi connectivity index (χ3v) is 5.68. The molecule has 0 bridgehead atoms. The average molecular weight is 417 g/mol. The maximum atomic E-state index is 13.2. The van der Waals surface area contributed by atoms with E-state index in [2.05, 4.69) is 9.97 Å². The SMILES string of the molecule is CCOc1ccc(CCC(=O)N2CCC[C@@H]2c2nc(C)ncc2-c2ccncc2)cc1. The predicted octanol–water partition coefficient (Wildman–Crippen LogP) is 4.54. The number of hydrogen-bond acceptors (Lipinski definition) is 5. The molecule has 1 saturated heterocycles. The monoisotopic (exact) mass is 416 g/mol. The topological polar surface area (TPSA) is 68.2 Å².